The highest BCUT2D eigenvalue weighted by molar-refractivity contribution is 5.89. The minimum absolute atomic E-state index is 0.189. The van der Waals surface area contributed by atoms with Gasteiger partial charge in [0.2, 0.25) is 0 Å². The van der Waals surface area contributed by atoms with Crippen LogP contribution in [0.1, 0.15) is 38.3 Å². The van der Waals surface area contributed by atoms with Crippen molar-refractivity contribution in [2.24, 2.45) is 0 Å². The van der Waals surface area contributed by atoms with Crippen LogP contribution in [0.25, 0.3) is 10.9 Å². The number of nitrogens with zero attached hydrogens (tertiary/aromatic N) is 2. The van der Waals surface area contributed by atoms with Gasteiger partial charge in [0.05, 0.1) is 15.8 Å². The Morgan fingerprint density at radius 2 is 2.05 bits per heavy atom. The van der Waals surface area contributed by atoms with E-state index in [0.29, 0.717) is 12.0 Å². The average Bonchev–Trinajstić information content (AvgIpc) is 2.90. The zero-order chi connectivity index (χ0) is 15.0. The van der Waals surface area contributed by atoms with Crippen molar-refractivity contribution in [3.05, 3.63) is 40.1 Å². The lowest BCUT2D eigenvalue weighted by atomic mass is 9.93. The number of non-ortho nitro benzene ring substituents is 1. The van der Waals surface area contributed by atoms with Crippen molar-refractivity contribution in [1.82, 2.24) is 9.88 Å². The van der Waals surface area contributed by atoms with Gasteiger partial charge >= 0.3 is 0 Å². The number of benzene rings is 1. The smallest absolute Gasteiger partial charge is 0.278 e. The molecule has 2 aromatic rings. The van der Waals surface area contributed by atoms with Crippen LogP contribution in [0.15, 0.2) is 24.3 Å². The largest absolute Gasteiger partial charge is 0.358 e. The number of fused-ring (bicyclic) bond motifs is 1. The van der Waals surface area contributed by atoms with Gasteiger partial charge < -0.3 is 9.88 Å². The molecule has 0 bridgehead atoms. The first kappa shape index (κ1) is 14.1. The van der Waals surface area contributed by atoms with Gasteiger partial charge in [-0.1, -0.05) is 6.07 Å². The Morgan fingerprint density at radius 3 is 2.67 bits per heavy atom. The van der Waals surface area contributed by atoms with Crippen LogP contribution in [0, 0.1) is 10.1 Å². The molecule has 0 amide bonds. The van der Waals surface area contributed by atoms with Crippen LogP contribution >= 0.6 is 0 Å². The second-order valence-corrected chi connectivity index (χ2v) is 6.12. The number of aromatic nitrogens is 1. The normalized spacial score (nSPS) is 17.7. The number of piperidine rings is 1. The predicted octanol–water partition coefficient (Wildman–Crippen LogP) is 3.66. The van der Waals surface area contributed by atoms with Crippen LogP contribution in [0.4, 0.5) is 5.69 Å². The fraction of sp³-hybridized carbons (Fsp3) is 0.500. The lowest BCUT2D eigenvalue weighted by Gasteiger charge is -2.34. The van der Waals surface area contributed by atoms with Crippen molar-refractivity contribution in [2.75, 3.05) is 13.1 Å². The van der Waals surface area contributed by atoms with E-state index in [0.717, 1.165) is 42.5 Å². The maximum absolute atomic E-state index is 11.1. The molecule has 5 heteroatoms. The molecular formula is C16H21N3O2. The first-order chi connectivity index (χ1) is 10.1. The summed E-state index contributed by atoms with van der Waals surface area (Å²) < 4.78 is 0. The van der Waals surface area contributed by atoms with Gasteiger partial charge in [-0.15, -0.1) is 0 Å². The highest BCUT2D eigenvalue weighted by Gasteiger charge is 2.24. The van der Waals surface area contributed by atoms with E-state index in [-0.39, 0.29) is 10.6 Å². The molecule has 2 heterocycles. The molecule has 1 aromatic heterocycles. The molecule has 1 fully saturated rings. The fourth-order valence-electron chi connectivity index (χ4n) is 3.27. The lowest BCUT2D eigenvalue weighted by Crippen LogP contribution is -2.37. The van der Waals surface area contributed by atoms with Gasteiger partial charge in [0.15, 0.2) is 0 Å². The molecule has 0 spiro atoms. The van der Waals surface area contributed by atoms with Crippen LogP contribution < -0.4 is 0 Å². The number of nitro groups is 1. The maximum atomic E-state index is 11.1. The number of H-pyrrole nitrogens is 1. The van der Waals surface area contributed by atoms with Gasteiger partial charge in [0.25, 0.3) is 5.69 Å². The molecule has 112 valence electrons. The SMILES string of the molecule is CC(C)N1CCC(c2cc3c([N+](=O)[O-])cccc3[nH]2)CC1. The summed E-state index contributed by atoms with van der Waals surface area (Å²) in [5, 5.41) is 11.8. The molecule has 0 atom stereocenters. The van der Waals surface area contributed by atoms with Crippen LogP contribution in [-0.2, 0) is 0 Å². The molecule has 1 aromatic carbocycles. The molecule has 1 aliphatic heterocycles. The number of likely N-dealkylation sites (tertiary alicyclic amines) is 1. The predicted molar refractivity (Wildman–Crippen MR) is 83.6 cm³/mol. The molecule has 1 aliphatic rings. The number of nitrogens with one attached hydrogen (secondary N) is 1. The summed E-state index contributed by atoms with van der Waals surface area (Å²) in [6.45, 7) is 6.65. The zero-order valence-electron chi connectivity index (χ0n) is 12.5. The molecule has 0 radical (unpaired) electrons. The first-order valence-corrected chi connectivity index (χ1v) is 7.56. The quantitative estimate of drug-likeness (QED) is 0.692. The average molecular weight is 287 g/mol. The Balaban J connectivity index is 1.86. The van der Waals surface area contributed by atoms with Crippen molar-refractivity contribution in [3.8, 4) is 0 Å². The summed E-state index contributed by atoms with van der Waals surface area (Å²) in [6, 6.07) is 7.79. The van der Waals surface area contributed by atoms with Crippen LogP contribution in [0.5, 0.6) is 0 Å². The Morgan fingerprint density at radius 1 is 1.33 bits per heavy atom. The summed E-state index contributed by atoms with van der Waals surface area (Å²) >= 11 is 0. The van der Waals surface area contributed by atoms with E-state index < -0.39 is 0 Å². The summed E-state index contributed by atoms with van der Waals surface area (Å²) in [6.07, 6.45) is 2.22. The monoisotopic (exact) mass is 287 g/mol. The fourth-order valence-corrected chi connectivity index (χ4v) is 3.27. The molecule has 0 unspecified atom stereocenters. The second-order valence-electron chi connectivity index (χ2n) is 6.12. The third-order valence-corrected chi connectivity index (χ3v) is 4.56. The second kappa shape index (κ2) is 5.48. The third kappa shape index (κ3) is 2.65. The van der Waals surface area contributed by atoms with Crippen LogP contribution in [-0.4, -0.2) is 33.9 Å². The Bertz CT molecular complexity index is 655. The van der Waals surface area contributed by atoms with Crippen molar-refractivity contribution >= 4 is 16.6 Å². The summed E-state index contributed by atoms with van der Waals surface area (Å²) in [5.74, 6) is 0.479. The molecule has 1 N–H and O–H groups in total. The molecule has 21 heavy (non-hydrogen) atoms. The Labute approximate surface area is 124 Å². The van der Waals surface area contributed by atoms with Gasteiger partial charge in [-0.3, -0.25) is 10.1 Å². The molecule has 1 saturated heterocycles. The highest BCUT2D eigenvalue weighted by Crippen LogP contribution is 2.33. The van der Waals surface area contributed by atoms with Crippen LogP contribution in [0.3, 0.4) is 0 Å². The molecular weight excluding hydrogens is 266 g/mol. The van der Waals surface area contributed by atoms with E-state index in [1.54, 1.807) is 12.1 Å². The van der Waals surface area contributed by atoms with Crippen LogP contribution in [0.2, 0.25) is 0 Å². The van der Waals surface area contributed by atoms with Gasteiger partial charge in [-0.05, 0) is 51.9 Å². The minimum Gasteiger partial charge on any atom is -0.358 e. The van der Waals surface area contributed by atoms with Gasteiger partial charge in [-0.25, -0.2) is 0 Å². The molecule has 0 saturated carbocycles. The van der Waals surface area contributed by atoms with E-state index >= 15 is 0 Å². The molecule has 3 rings (SSSR count). The van der Waals surface area contributed by atoms with E-state index in [1.165, 1.54) is 0 Å². The topological polar surface area (TPSA) is 62.2 Å². The minimum atomic E-state index is -0.304. The number of rotatable bonds is 3. The standard InChI is InChI=1S/C16H21N3O2/c1-11(2)18-8-6-12(7-9-18)15-10-13-14(17-15)4-3-5-16(13)19(20)21/h3-5,10-12,17H,6-9H2,1-2H3. The Kier molecular flexibility index (Phi) is 3.68. The number of hydrogen-bond acceptors (Lipinski definition) is 3. The van der Waals surface area contributed by atoms with Crippen molar-refractivity contribution in [1.29, 1.82) is 0 Å². The first-order valence-electron chi connectivity index (χ1n) is 7.56. The van der Waals surface area contributed by atoms with E-state index in [4.69, 9.17) is 0 Å². The lowest BCUT2D eigenvalue weighted by molar-refractivity contribution is -0.383. The zero-order valence-corrected chi connectivity index (χ0v) is 12.5. The third-order valence-electron chi connectivity index (χ3n) is 4.56. The summed E-state index contributed by atoms with van der Waals surface area (Å²) in [5.41, 5.74) is 2.20. The van der Waals surface area contributed by atoms with E-state index in [9.17, 15) is 10.1 Å². The number of aromatic amines is 1. The summed E-state index contributed by atoms with van der Waals surface area (Å²) in [4.78, 5) is 16.7. The number of nitro benzene ring substituents is 1. The van der Waals surface area contributed by atoms with Crippen molar-refractivity contribution in [3.63, 3.8) is 0 Å². The highest BCUT2D eigenvalue weighted by atomic mass is 16.6. The maximum Gasteiger partial charge on any atom is 0.278 e. The Hall–Kier alpha value is -1.88. The van der Waals surface area contributed by atoms with Gasteiger partial charge in [0.1, 0.15) is 0 Å². The summed E-state index contributed by atoms with van der Waals surface area (Å²) in [7, 11) is 0. The van der Waals surface area contributed by atoms with Gasteiger partial charge in [0, 0.05) is 23.7 Å². The van der Waals surface area contributed by atoms with Gasteiger partial charge in [-0.2, -0.15) is 0 Å². The molecule has 5 nitrogen and oxygen atoms in total. The van der Waals surface area contributed by atoms with E-state index in [2.05, 4.69) is 23.7 Å². The van der Waals surface area contributed by atoms with Crippen molar-refractivity contribution < 1.29 is 4.92 Å². The van der Waals surface area contributed by atoms with E-state index in [1.807, 2.05) is 12.1 Å². The molecule has 0 aliphatic carbocycles. The number of hydrogen-bond donors (Lipinski definition) is 1. The van der Waals surface area contributed by atoms with Crippen molar-refractivity contribution in [2.45, 2.75) is 38.6 Å².